The Morgan fingerprint density at radius 3 is 2.47 bits per heavy atom. The van der Waals surface area contributed by atoms with E-state index in [1.54, 1.807) is 13.2 Å². The molecular formula is C23H35IN6O2. The average molecular weight is 554 g/mol. The molecule has 9 heteroatoms. The van der Waals surface area contributed by atoms with Crippen LogP contribution in [0.3, 0.4) is 0 Å². The Morgan fingerprint density at radius 2 is 1.94 bits per heavy atom. The zero-order valence-electron chi connectivity index (χ0n) is 19.8. The van der Waals surface area contributed by atoms with Crippen molar-refractivity contribution >= 4 is 41.7 Å². The van der Waals surface area contributed by atoms with Crippen LogP contribution in [0.2, 0.25) is 0 Å². The third-order valence-electron chi connectivity index (χ3n) is 5.07. The van der Waals surface area contributed by atoms with Crippen LogP contribution in [0.25, 0.3) is 0 Å². The van der Waals surface area contributed by atoms with E-state index in [4.69, 9.17) is 4.74 Å². The van der Waals surface area contributed by atoms with Crippen LogP contribution < -0.4 is 15.5 Å². The van der Waals surface area contributed by atoms with Gasteiger partial charge in [0.25, 0.3) is 0 Å². The van der Waals surface area contributed by atoms with Crippen LogP contribution in [0.1, 0.15) is 50.4 Å². The van der Waals surface area contributed by atoms with Gasteiger partial charge in [-0.1, -0.05) is 12.1 Å². The second-order valence-electron chi connectivity index (χ2n) is 8.93. The van der Waals surface area contributed by atoms with Gasteiger partial charge in [0, 0.05) is 32.9 Å². The van der Waals surface area contributed by atoms with Crippen LogP contribution in [0.4, 0.5) is 10.5 Å². The zero-order chi connectivity index (χ0) is 22.6. The summed E-state index contributed by atoms with van der Waals surface area (Å²) in [7, 11) is 3.67. The zero-order valence-corrected chi connectivity index (χ0v) is 22.1. The lowest BCUT2D eigenvalue weighted by Gasteiger charge is -2.28. The number of carbonyl (C=O) groups is 1. The van der Waals surface area contributed by atoms with Crippen molar-refractivity contribution in [3.63, 3.8) is 0 Å². The molecule has 2 aromatic rings. The number of ether oxygens (including phenoxy) is 1. The van der Waals surface area contributed by atoms with E-state index in [-0.39, 0.29) is 36.1 Å². The quantitative estimate of drug-likeness (QED) is 0.319. The Hall–Kier alpha value is -2.30. The number of nitrogens with zero attached hydrogens (tertiary/aromatic N) is 4. The van der Waals surface area contributed by atoms with Crippen molar-refractivity contribution in [2.45, 2.75) is 65.3 Å². The van der Waals surface area contributed by atoms with Crippen molar-refractivity contribution in [2.75, 3.05) is 11.9 Å². The molecule has 1 aromatic carbocycles. The van der Waals surface area contributed by atoms with Crippen molar-refractivity contribution in [2.24, 2.45) is 12.0 Å². The highest BCUT2D eigenvalue weighted by atomic mass is 127. The first kappa shape index (κ1) is 26.0. The first-order valence-electron chi connectivity index (χ1n) is 10.7. The molecule has 32 heavy (non-hydrogen) atoms. The summed E-state index contributed by atoms with van der Waals surface area (Å²) >= 11 is 0. The number of hydrogen-bond donors (Lipinski definition) is 2. The molecule has 1 heterocycles. The van der Waals surface area contributed by atoms with Crippen LogP contribution in [0.5, 0.6) is 0 Å². The van der Waals surface area contributed by atoms with Gasteiger partial charge in [-0.25, -0.2) is 4.79 Å². The SMILES string of the molecule is CN=C(NCc1ccc(N(C(=O)OC(C)(C)C)C2CC2)c(C)c1)NCc1ccnn1C.I. The molecule has 0 saturated heterocycles. The van der Waals surface area contributed by atoms with Crippen LogP contribution in [0.15, 0.2) is 35.5 Å². The number of nitrogens with one attached hydrogen (secondary N) is 2. The third kappa shape index (κ3) is 7.11. The fourth-order valence-electron chi connectivity index (χ4n) is 3.34. The fraction of sp³-hybridized carbons (Fsp3) is 0.522. The van der Waals surface area contributed by atoms with Gasteiger partial charge >= 0.3 is 6.09 Å². The molecule has 1 aliphatic carbocycles. The number of guanidine groups is 1. The Morgan fingerprint density at radius 1 is 1.25 bits per heavy atom. The van der Waals surface area contributed by atoms with Crippen LogP contribution in [0, 0.1) is 6.92 Å². The van der Waals surface area contributed by atoms with E-state index in [9.17, 15) is 4.79 Å². The predicted octanol–water partition coefficient (Wildman–Crippen LogP) is 4.12. The number of anilines is 1. The average Bonchev–Trinajstić information content (AvgIpc) is 3.43. The second-order valence-corrected chi connectivity index (χ2v) is 8.93. The Bertz CT molecular complexity index is 946. The summed E-state index contributed by atoms with van der Waals surface area (Å²) in [6.45, 7) is 8.99. The van der Waals surface area contributed by atoms with E-state index in [2.05, 4.69) is 26.8 Å². The van der Waals surface area contributed by atoms with Gasteiger partial charge in [0.1, 0.15) is 5.60 Å². The molecule has 2 N–H and O–H groups in total. The minimum atomic E-state index is -0.514. The van der Waals surface area contributed by atoms with E-state index in [0.29, 0.717) is 13.1 Å². The number of rotatable bonds is 6. The summed E-state index contributed by atoms with van der Waals surface area (Å²) in [5.74, 6) is 0.719. The molecule has 176 valence electrons. The van der Waals surface area contributed by atoms with Gasteiger partial charge in [0.15, 0.2) is 5.96 Å². The van der Waals surface area contributed by atoms with Gasteiger partial charge in [0.05, 0.1) is 17.9 Å². The molecule has 0 atom stereocenters. The Balaban J connectivity index is 0.00000363. The molecule has 0 radical (unpaired) electrons. The van der Waals surface area contributed by atoms with Gasteiger partial charge in [0.2, 0.25) is 0 Å². The maximum absolute atomic E-state index is 12.8. The molecule has 8 nitrogen and oxygen atoms in total. The minimum absolute atomic E-state index is 0. The molecule has 1 fully saturated rings. The molecule has 3 rings (SSSR count). The van der Waals surface area contributed by atoms with Gasteiger partial charge in [-0.15, -0.1) is 24.0 Å². The Labute approximate surface area is 207 Å². The highest BCUT2D eigenvalue weighted by Crippen LogP contribution is 2.35. The summed E-state index contributed by atoms with van der Waals surface area (Å²) in [5, 5.41) is 10.8. The molecular weight excluding hydrogens is 519 g/mol. The highest BCUT2D eigenvalue weighted by molar-refractivity contribution is 14.0. The number of amides is 1. The predicted molar refractivity (Wildman–Crippen MR) is 139 cm³/mol. The molecule has 1 aromatic heterocycles. The molecule has 1 amide bonds. The maximum atomic E-state index is 12.8. The van der Waals surface area contributed by atoms with Crippen LogP contribution in [-0.2, 0) is 24.9 Å². The maximum Gasteiger partial charge on any atom is 0.415 e. The number of carbonyl (C=O) groups excluding carboxylic acids is 1. The third-order valence-corrected chi connectivity index (χ3v) is 5.07. The largest absolute Gasteiger partial charge is 0.443 e. The summed E-state index contributed by atoms with van der Waals surface area (Å²) in [6, 6.07) is 8.37. The molecule has 0 unspecified atom stereocenters. The van der Waals surface area contributed by atoms with Gasteiger partial charge in [-0.2, -0.15) is 5.10 Å². The smallest absolute Gasteiger partial charge is 0.415 e. The summed E-state index contributed by atoms with van der Waals surface area (Å²) < 4.78 is 7.48. The van der Waals surface area contributed by atoms with E-state index in [0.717, 1.165) is 41.3 Å². The lowest BCUT2D eigenvalue weighted by Crippen LogP contribution is -2.39. The van der Waals surface area contributed by atoms with Gasteiger partial charge in [-0.3, -0.25) is 14.6 Å². The molecule has 0 bridgehead atoms. The first-order valence-corrected chi connectivity index (χ1v) is 10.7. The highest BCUT2D eigenvalue weighted by Gasteiger charge is 2.37. The van der Waals surface area contributed by atoms with E-state index >= 15 is 0 Å². The van der Waals surface area contributed by atoms with Crippen molar-refractivity contribution < 1.29 is 9.53 Å². The first-order chi connectivity index (χ1) is 14.7. The van der Waals surface area contributed by atoms with Gasteiger partial charge in [-0.05, 0) is 63.8 Å². The summed E-state index contributed by atoms with van der Waals surface area (Å²) in [4.78, 5) is 18.9. The fourth-order valence-corrected chi connectivity index (χ4v) is 3.34. The second kappa shape index (κ2) is 11.0. The molecule has 0 spiro atoms. The van der Waals surface area contributed by atoms with Crippen LogP contribution in [-0.4, -0.2) is 40.5 Å². The van der Waals surface area contributed by atoms with Crippen molar-refractivity contribution in [3.05, 3.63) is 47.3 Å². The van der Waals surface area contributed by atoms with E-state index in [1.165, 1.54) is 0 Å². The van der Waals surface area contributed by atoms with Crippen molar-refractivity contribution in [1.29, 1.82) is 0 Å². The van der Waals surface area contributed by atoms with Crippen molar-refractivity contribution in [1.82, 2.24) is 20.4 Å². The van der Waals surface area contributed by atoms with Crippen LogP contribution >= 0.6 is 24.0 Å². The van der Waals surface area contributed by atoms with Crippen molar-refractivity contribution in [3.8, 4) is 0 Å². The number of hydrogen-bond acceptors (Lipinski definition) is 4. The standard InChI is InChI=1S/C23H34N6O2.HI/c1-16-13-17(14-25-21(24-5)26-15-19-11-12-27-28(19)6)7-10-20(16)29(18-8-9-18)22(30)31-23(2,3)4;/h7,10-13,18H,8-9,14-15H2,1-6H3,(H2,24,25,26);1H. The summed E-state index contributed by atoms with van der Waals surface area (Å²) in [5.41, 5.74) is 3.64. The van der Waals surface area contributed by atoms with Gasteiger partial charge < -0.3 is 15.4 Å². The molecule has 1 aliphatic rings. The number of aliphatic imine (C=N–C) groups is 1. The Kier molecular flexibility index (Phi) is 8.94. The lowest BCUT2D eigenvalue weighted by atomic mass is 10.1. The lowest BCUT2D eigenvalue weighted by molar-refractivity contribution is 0.0577. The number of aromatic nitrogens is 2. The van der Waals surface area contributed by atoms with E-state index in [1.807, 2.05) is 62.5 Å². The number of halogens is 1. The topological polar surface area (TPSA) is 83.8 Å². The molecule has 0 aliphatic heterocycles. The number of benzene rings is 1. The minimum Gasteiger partial charge on any atom is -0.443 e. The van der Waals surface area contributed by atoms with E-state index < -0.39 is 5.60 Å². The normalized spacial score (nSPS) is 13.9. The number of aryl methyl sites for hydroxylation is 2. The molecule has 1 saturated carbocycles. The summed E-state index contributed by atoms with van der Waals surface area (Å²) in [6.07, 6.45) is 3.53. The monoisotopic (exact) mass is 554 g/mol.